The summed E-state index contributed by atoms with van der Waals surface area (Å²) in [7, 11) is 0. The van der Waals surface area contributed by atoms with Crippen molar-refractivity contribution in [3.63, 3.8) is 0 Å². The average molecular weight is 166 g/mol. The van der Waals surface area contributed by atoms with E-state index in [-0.39, 0.29) is 5.92 Å². The zero-order chi connectivity index (χ0) is 8.97. The molecule has 0 amide bonds. The van der Waals surface area contributed by atoms with Crippen LogP contribution in [-0.2, 0) is 4.79 Å². The smallest absolute Gasteiger partial charge is 0.126 e. The molecule has 3 heteroatoms. The zero-order valence-corrected chi connectivity index (χ0v) is 7.15. The van der Waals surface area contributed by atoms with Gasteiger partial charge in [0.1, 0.15) is 6.29 Å². The summed E-state index contributed by atoms with van der Waals surface area (Å²) in [6.45, 7) is 9.68. The summed E-state index contributed by atoms with van der Waals surface area (Å²) in [6.07, 6.45) is 4.50. The standard InChI is InChI=1S/C9H14N2O/c1-3-10-5-9(7-12)6-11(4-2)8-10/h3-4,7,9H,1-2,5-6,8H2. The van der Waals surface area contributed by atoms with E-state index in [1.165, 1.54) is 0 Å². The zero-order valence-electron chi connectivity index (χ0n) is 7.15. The van der Waals surface area contributed by atoms with Crippen LogP contribution in [0, 0.1) is 5.92 Å². The molecule has 1 fully saturated rings. The van der Waals surface area contributed by atoms with Crippen LogP contribution in [0.15, 0.2) is 25.6 Å². The van der Waals surface area contributed by atoms with Gasteiger partial charge in [0.15, 0.2) is 0 Å². The van der Waals surface area contributed by atoms with Crippen molar-refractivity contribution in [2.45, 2.75) is 0 Å². The maximum absolute atomic E-state index is 10.6. The monoisotopic (exact) mass is 166 g/mol. The lowest BCUT2D eigenvalue weighted by Crippen LogP contribution is -2.45. The predicted octanol–water partition coefficient (Wildman–Crippen LogP) is 0.664. The molecule has 0 unspecified atom stereocenters. The average Bonchev–Trinajstić information content (AvgIpc) is 2.16. The minimum atomic E-state index is 0.0785. The predicted molar refractivity (Wildman–Crippen MR) is 48.2 cm³/mol. The van der Waals surface area contributed by atoms with Crippen molar-refractivity contribution in [2.24, 2.45) is 5.92 Å². The third-order valence-electron chi connectivity index (χ3n) is 2.01. The van der Waals surface area contributed by atoms with Crippen LogP contribution in [0.25, 0.3) is 0 Å². The molecule has 0 aromatic carbocycles. The highest BCUT2D eigenvalue weighted by atomic mass is 16.1. The third-order valence-corrected chi connectivity index (χ3v) is 2.01. The molecule has 0 radical (unpaired) electrons. The number of aldehydes is 1. The van der Waals surface area contributed by atoms with Crippen LogP contribution in [0.4, 0.5) is 0 Å². The largest absolute Gasteiger partial charge is 0.360 e. The van der Waals surface area contributed by atoms with Crippen LogP contribution in [0.3, 0.4) is 0 Å². The van der Waals surface area contributed by atoms with Crippen LogP contribution in [0.5, 0.6) is 0 Å². The Morgan fingerprint density at radius 3 is 2.00 bits per heavy atom. The molecule has 1 aliphatic rings. The van der Waals surface area contributed by atoms with Crippen molar-refractivity contribution in [2.75, 3.05) is 19.8 Å². The second-order valence-electron chi connectivity index (χ2n) is 2.95. The fourth-order valence-corrected chi connectivity index (χ4v) is 1.36. The van der Waals surface area contributed by atoms with E-state index in [9.17, 15) is 4.79 Å². The van der Waals surface area contributed by atoms with Gasteiger partial charge in [0, 0.05) is 19.0 Å². The minimum absolute atomic E-state index is 0.0785. The number of hydrogen-bond acceptors (Lipinski definition) is 3. The van der Waals surface area contributed by atoms with E-state index < -0.39 is 0 Å². The van der Waals surface area contributed by atoms with Crippen molar-refractivity contribution in [3.05, 3.63) is 25.6 Å². The first-order valence-electron chi connectivity index (χ1n) is 3.98. The van der Waals surface area contributed by atoms with Gasteiger partial charge in [0.2, 0.25) is 0 Å². The Kier molecular flexibility index (Phi) is 2.91. The Morgan fingerprint density at radius 2 is 1.67 bits per heavy atom. The molecule has 66 valence electrons. The van der Waals surface area contributed by atoms with Crippen molar-refractivity contribution in [1.82, 2.24) is 9.80 Å². The molecule has 0 spiro atoms. The quantitative estimate of drug-likeness (QED) is 0.575. The topological polar surface area (TPSA) is 23.6 Å². The lowest BCUT2D eigenvalue weighted by molar-refractivity contribution is -0.113. The summed E-state index contributed by atoms with van der Waals surface area (Å²) >= 11 is 0. The Hall–Kier alpha value is -1.25. The van der Waals surface area contributed by atoms with Crippen LogP contribution < -0.4 is 0 Å². The van der Waals surface area contributed by atoms with E-state index in [4.69, 9.17) is 0 Å². The first kappa shape index (κ1) is 8.84. The summed E-state index contributed by atoms with van der Waals surface area (Å²) < 4.78 is 0. The molecule has 0 aromatic heterocycles. The van der Waals surface area contributed by atoms with Crippen LogP contribution in [-0.4, -0.2) is 35.8 Å². The molecular weight excluding hydrogens is 152 g/mol. The molecule has 0 bridgehead atoms. The SMILES string of the molecule is C=CN1CC(C=O)CN(C=C)C1. The Balaban J connectivity index is 2.57. The normalized spacial score (nSPS) is 19.0. The second kappa shape index (κ2) is 3.95. The molecule has 1 aliphatic heterocycles. The summed E-state index contributed by atoms with van der Waals surface area (Å²) in [4.78, 5) is 14.6. The molecule has 0 aromatic rings. The summed E-state index contributed by atoms with van der Waals surface area (Å²) in [5, 5.41) is 0. The van der Waals surface area contributed by atoms with Gasteiger partial charge >= 0.3 is 0 Å². The van der Waals surface area contributed by atoms with E-state index in [1.54, 1.807) is 12.4 Å². The molecule has 1 heterocycles. The molecule has 1 rings (SSSR count). The number of carbonyl (C=O) groups excluding carboxylic acids is 1. The van der Waals surface area contributed by atoms with Crippen molar-refractivity contribution < 1.29 is 4.79 Å². The first-order chi connectivity index (χ1) is 5.80. The highest BCUT2D eigenvalue weighted by Crippen LogP contribution is 2.10. The lowest BCUT2D eigenvalue weighted by Gasteiger charge is -2.36. The minimum Gasteiger partial charge on any atom is -0.360 e. The van der Waals surface area contributed by atoms with Crippen LogP contribution >= 0.6 is 0 Å². The van der Waals surface area contributed by atoms with Gasteiger partial charge in [-0.05, 0) is 12.4 Å². The van der Waals surface area contributed by atoms with Crippen molar-refractivity contribution >= 4 is 6.29 Å². The Morgan fingerprint density at radius 1 is 1.17 bits per heavy atom. The maximum atomic E-state index is 10.6. The van der Waals surface area contributed by atoms with Gasteiger partial charge in [-0.2, -0.15) is 0 Å². The fraction of sp³-hybridized carbons (Fsp3) is 0.444. The summed E-state index contributed by atoms with van der Waals surface area (Å²) in [6, 6.07) is 0. The van der Waals surface area contributed by atoms with E-state index >= 15 is 0 Å². The van der Waals surface area contributed by atoms with E-state index in [0.717, 1.165) is 26.0 Å². The Bertz CT molecular complexity index is 152. The number of nitrogens with zero attached hydrogens (tertiary/aromatic N) is 2. The highest BCUT2D eigenvalue weighted by molar-refractivity contribution is 5.54. The molecule has 1 saturated heterocycles. The first-order valence-corrected chi connectivity index (χ1v) is 3.98. The Labute approximate surface area is 73.0 Å². The maximum Gasteiger partial charge on any atom is 0.126 e. The van der Waals surface area contributed by atoms with Gasteiger partial charge in [-0.15, -0.1) is 0 Å². The van der Waals surface area contributed by atoms with Gasteiger partial charge in [-0.25, -0.2) is 0 Å². The molecular formula is C9H14N2O. The molecule has 12 heavy (non-hydrogen) atoms. The number of rotatable bonds is 3. The van der Waals surface area contributed by atoms with Crippen LogP contribution in [0.1, 0.15) is 0 Å². The third kappa shape index (κ3) is 1.87. The molecule has 0 aliphatic carbocycles. The number of carbonyl (C=O) groups is 1. The van der Waals surface area contributed by atoms with Crippen molar-refractivity contribution in [1.29, 1.82) is 0 Å². The van der Waals surface area contributed by atoms with E-state index in [0.29, 0.717) is 0 Å². The van der Waals surface area contributed by atoms with Crippen molar-refractivity contribution in [3.8, 4) is 0 Å². The molecule has 3 nitrogen and oxygen atoms in total. The van der Waals surface area contributed by atoms with Gasteiger partial charge in [0.25, 0.3) is 0 Å². The van der Waals surface area contributed by atoms with Gasteiger partial charge in [-0.1, -0.05) is 13.2 Å². The van der Waals surface area contributed by atoms with E-state index in [1.807, 2.05) is 9.80 Å². The van der Waals surface area contributed by atoms with Gasteiger partial charge in [0.05, 0.1) is 6.67 Å². The lowest BCUT2D eigenvalue weighted by atomic mass is 10.1. The molecule has 0 saturated carbocycles. The number of hydrogen-bond donors (Lipinski definition) is 0. The van der Waals surface area contributed by atoms with Gasteiger partial charge < -0.3 is 14.6 Å². The fourth-order valence-electron chi connectivity index (χ4n) is 1.36. The summed E-state index contributed by atoms with van der Waals surface area (Å²) in [5.74, 6) is 0.0785. The van der Waals surface area contributed by atoms with Gasteiger partial charge in [-0.3, -0.25) is 0 Å². The highest BCUT2D eigenvalue weighted by Gasteiger charge is 2.20. The molecule has 0 atom stereocenters. The summed E-state index contributed by atoms with van der Waals surface area (Å²) in [5.41, 5.74) is 0. The van der Waals surface area contributed by atoms with E-state index in [2.05, 4.69) is 13.2 Å². The molecule has 0 N–H and O–H groups in total. The van der Waals surface area contributed by atoms with Crippen LogP contribution in [0.2, 0.25) is 0 Å². The second-order valence-corrected chi connectivity index (χ2v) is 2.95.